The monoisotopic (exact) mass is 422 g/mol. The Balaban J connectivity index is 1.33. The van der Waals surface area contributed by atoms with E-state index < -0.39 is 0 Å². The van der Waals surface area contributed by atoms with Crippen molar-refractivity contribution >= 4 is 11.8 Å². The van der Waals surface area contributed by atoms with Crippen molar-refractivity contribution in [1.82, 2.24) is 19.7 Å². The molecule has 7 heteroatoms. The van der Waals surface area contributed by atoms with Gasteiger partial charge in [-0.3, -0.25) is 9.47 Å². The van der Waals surface area contributed by atoms with Gasteiger partial charge in [-0.15, -0.1) is 10.2 Å². The normalized spacial score (nSPS) is 19.0. The summed E-state index contributed by atoms with van der Waals surface area (Å²) < 4.78 is 14.2. The van der Waals surface area contributed by atoms with Crippen LogP contribution in [0.2, 0.25) is 0 Å². The van der Waals surface area contributed by atoms with Crippen molar-refractivity contribution in [2.45, 2.75) is 37.1 Å². The fourth-order valence-electron chi connectivity index (χ4n) is 3.96. The van der Waals surface area contributed by atoms with E-state index in [1.165, 1.54) is 19.3 Å². The van der Waals surface area contributed by atoms with E-state index in [1.54, 1.807) is 11.8 Å². The molecule has 1 fully saturated rings. The Hall–Kier alpha value is -2.51. The Morgan fingerprint density at radius 1 is 0.900 bits per heavy atom. The first-order valence-corrected chi connectivity index (χ1v) is 11.6. The zero-order chi connectivity index (χ0) is 20.2. The van der Waals surface area contributed by atoms with Gasteiger partial charge in [0, 0.05) is 11.4 Å². The van der Waals surface area contributed by atoms with Crippen LogP contribution in [0.4, 0.5) is 0 Å². The molecule has 0 bridgehead atoms. The molecule has 0 N–H and O–H groups in total. The van der Waals surface area contributed by atoms with E-state index in [0.717, 1.165) is 53.6 Å². The first kappa shape index (κ1) is 19.5. The SMILES string of the molecule is c1ccc(-n2c(CN3CCCCC3)nnc2SC[C@H]2COc3ccccc3O2)cc1. The number of hydrogen-bond donors (Lipinski definition) is 0. The third-order valence-electron chi connectivity index (χ3n) is 5.49. The van der Waals surface area contributed by atoms with E-state index in [-0.39, 0.29) is 6.10 Å². The second-order valence-electron chi connectivity index (χ2n) is 7.72. The van der Waals surface area contributed by atoms with Crippen LogP contribution in [0.5, 0.6) is 11.5 Å². The highest BCUT2D eigenvalue weighted by atomic mass is 32.2. The molecule has 0 unspecified atom stereocenters. The summed E-state index contributed by atoms with van der Waals surface area (Å²) in [5, 5.41) is 10.0. The molecule has 2 aliphatic heterocycles. The number of likely N-dealkylation sites (tertiary alicyclic amines) is 1. The van der Waals surface area contributed by atoms with Gasteiger partial charge in [0.1, 0.15) is 12.7 Å². The molecular formula is C23H26N4O2S. The summed E-state index contributed by atoms with van der Waals surface area (Å²) in [5.74, 6) is 3.37. The molecule has 30 heavy (non-hydrogen) atoms. The van der Waals surface area contributed by atoms with Gasteiger partial charge in [0.2, 0.25) is 0 Å². The molecule has 0 aliphatic carbocycles. The van der Waals surface area contributed by atoms with Gasteiger partial charge in [-0.25, -0.2) is 0 Å². The summed E-state index contributed by atoms with van der Waals surface area (Å²) in [6.45, 7) is 3.65. The summed E-state index contributed by atoms with van der Waals surface area (Å²) in [7, 11) is 0. The lowest BCUT2D eigenvalue weighted by atomic mass is 10.1. The Morgan fingerprint density at radius 2 is 1.67 bits per heavy atom. The molecule has 0 amide bonds. The van der Waals surface area contributed by atoms with Crippen LogP contribution < -0.4 is 9.47 Å². The molecule has 6 nitrogen and oxygen atoms in total. The Kier molecular flexibility index (Phi) is 5.90. The number of para-hydroxylation sites is 3. The predicted octanol–water partition coefficient (Wildman–Crippen LogP) is 4.19. The summed E-state index contributed by atoms with van der Waals surface area (Å²) >= 11 is 1.67. The van der Waals surface area contributed by atoms with E-state index in [4.69, 9.17) is 9.47 Å². The number of ether oxygens (including phenoxy) is 2. The standard InChI is InChI=1S/C23H26N4O2S/c1-3-9-18(10-4-1)27-22(15-26-13-7-2-8-14-26)24-25-23(27)30-17-19-16-28-20-11-5-6-12-21(20)29-19/h1,3-6,9-12,19H,2,7-8,13-17H2/t19-/m1/s1. The molecule has 1 aromatic heterocycles. The van der Waals surface area contributed by atoms with E-state index >= 15 is 0 Å². The molecule has 0 spiro atoms. The van der Waals surface area contributed by atoms with E-state index in [1.807, 2.05) is 30.3 Å². The van der Waals surface area contributed by atoms with Gasteiger partial charge in [-0.1, -0.05) is 48.5 Å². The van der Waals surface area contributed by atoms with Crippen molar-refractivity contribution in [2.75, 3.05) is 25.4 Å². The maximum Gasteiger partial charge on any atom is 0.196 e. The molecule has 2 aromatic carbocycles. The first-order chi connectivity index (χ1) is 14.9. The summed E-state index contributed by atoms with van der Waals surface area (Å²) in [5.41, 5.74) is 1.10. The molecule has 3 heterocycles. The Morgan fingerprint density at radius 3 is 2.50 bits per heavy atom. The predicted molar refractivity (Wildman–Crippen MR) is 118 cm³/mol. The molecule has 0 radical (unpaired) electrons. The highest BCUT2D eigenvalue weighted by Gasteiger charge is 2.23. The van der Waals surface area contributed by atoms with Crippen molar-refractivity contribution in [2.24, 2.45) is 0 Å². The second-order valence-corrected chi connectivity index (χ2v) is 8.70. The number of fused-ring (bicyclic) bond motifs is 1. The van der Waals surface area contributed by atoms with Crippen LogP contribution in [0.25, 0.3) is 5.69 Å². The molecular weight excluding hydrogens is 396 g/mol. The van der Waals surface area contributed by atoms with Crippen molar-refractivity contribution in [1.29, 1.82) is 0 Å². The van der Waals surface area contributed by atoms with E-state index in [2.05, 4.69) is 43.9 Å². The minimum atomic E-state index is -0.0173. The lowest BCUT2D eigenvalue weighted by Crippen LogP contribution is -2.31. The molecule has 2 aliphatic rings. The Bertz CT molecular complexity index is 972. The van der Waals surface area contributed by atoms with Crippen molar-refractivity contribution < 1.29 is 9.47 Å². The van der Waals surface area contributed by atoms with Gasteiger partial charge < -0.3 is 9.47 Å². The number of piperidine rings is 1. The van der Waals surface area contributed by atoms with Gasteiger partial charge in [0.25, 0.3) is 0 Å². The topological polar surface area (TPSA) is 52.4 Å². The molecule has 3 aromatic rings. The number of thioether (sulfide) groups is 1. The van der Waals surface area contributed by atoms with E-state index in [0.29, 0.717) is 6.61 Å². The maximum atomic E-state index is 6.12. The van der Waals surface area contributed by atoms with Crippen LogP contribution in [0.3, 0.4) is 0 Å². The minimum absolute atomic E-state index is 0.0173. The highest BCUT2D eigenvalue weighted by Crippen LogP contribution is 2.33. The summed E-state index contributed by atoms with van der Waals surface area (Å²) in [6.07, 6.45) is 3.84. The average molecular weight is 423 g/mol. The minimum Gasteiger partial charge on any atom is -0.486 e. The molecule has 0 saturated carbocycles. The fraction of sp³-hybridized carbons (Fsp3) is 0.391. The first-order valence-electron chi connectivity index (χ1n) is 10.6. The molecule has 156 valence electrons. The van der Waals surface area contributed by atoms with Crippen LogP contribution in [0, 0.1) is 0 Å². The molecule has 1 atom stereocenters. The third-order valence-corrected chi connectivity index (χ3v) is 6.56. The lowest BCUT2D eigenvalue weighted by Gasteiger charge is -2.26. The average Bonchev–Trinajstić information content (AvgIpc) is 3.21. The number of benzene rings is 2. The van der Waals surface area contributed by atoms with Crippen LogP contribution in [-0.2, 0) is 6.54 Å². The quantitative estimate of drug-likeness (QED) is 0.556. The Labute approximate surface area is 181 Å². The van der Waals surface area contributed by atoms with Crippen LogP contribution in [-0.4, -0.2) is 51.2 Å². The summed E-state index contributed by atoms with van der Waals surface area (Å²) in [6, 6.07) is 18.2. The largest absolute Gasteiger partial charge is 0.486 e. The number of nitrogens with zero attached hydrogens (tertiary/aromatic N) is 4. The maximum absolute atomic E-state index is 6.12. The van der Waals surface area contributed by atoms with Crippen molar-refractivity contribution in [3.8, 4) is 17.2 Å². The van der Waals surface area contributed by atoms with Crippen LogP contribution in [0.15, 0.2) is 59.8 Å². The van der Waals surface area contributed by atoms with Gasteiger partial charge >= 0.3 is 0 Å². The van der Waals surface area contributed by atoms with Gasteiger partial charge in [0.05, 0.1) is 6.54 Å². The van der Waals surface area contributed by atoms with Gasteiger partial charge in [0.15, 0.2) is 22.5 Å². The van der Waals surface area contributed by atoms with Crippen LogP contribution >= 0.6 is 11.8 Å². The highest BCUT2D eigenvalue weighted by molar-refractivity contribution is 7.99. The summed E-state index contributed by atoms with van der Waals surface area (Å²) in [4.78, 5) is 2.48. The van der Waals surface area contributed by atoms with Crippen molar-refractivity contribution in [3.63, 3.8) is 0 Å². The third kappa shape index (κ3) is 4.32. The molecule has 5 rings (SSSR count). The zero-order valence-corrected chi connectivity index (χ0v) is 17.8. The second kappa shape index (κ2) is 9.10. The molecule has 1 saturated heterocycles. The van der Waals surface area contributed by atoms with Gasteiger partial charge in [-0.2, -0.15) is 0 Å². The zero-order valence-electron chi connectivity index (χ0n) is 16.9. The van der Waals surface area contributed by atoms with Crippen molar-refractivity contribution in [3.05, 3.63) is 60.4 Å². The fourth-order valence-corrected chi connectivity index (χ4v) is 4.90. The lowest BCUT2D eigenvalue weighted by molar-refractivity contribution is 0.107. The smallest absolute Gasteiger partial charge is 0.196 e. The van der Waals surface area contributed by atoms with E-state index in [9.17, 15) is 0 Å². The number of hydrogen-bond acceptors (Lipinski definition) is 6. The number of aromatic nitrogens is 3. The van der Waals surface area contributed by atoms with Crippen LogP contribution in [0.1, 0.15) is 25.1 Å². The van der Waals surface area contributed by atoms with Gasteiger partial charge in [-0.05, 0) is 50.2 Å². The number of rotatable bonds is 6.